The first-order valence-electron chi connectivity index (χ1n) is 9.24. The Labute approximate surface area is 165 Å². The fourth-order valence-corrected chi connectivity index (χ4v) is 4.06. The fraction of sp³-hybridized carbons (Fsp3) is 0.409. The third kappa shape index (κ3) is 4.12. The van der Waals surface area contributed by atoms with Gasteiger partial charge in [0.25, 0.3) is 0 Å². The zero-order valence-electron chi connectivity index (χ0n) is 15.9. The van der Waals surface area contributed by atoms with Crippen molar-refractivity contribution in [1.29, 1.82) is 0 Å². The van der Waals surface area contributed by atoms with Gasteiger partial charge in [0.2, 0.25) is 0 Å². The molecule has 0 bridgehead atoms. The van der Waals surface area contributed by atoms with E-state index < -0.39 is 0 Å². The molecule has 2 unspecified atom stereocenters. The summed E-state index contributed by atoms with van der Waals surface area (Å²) < 4.78 is 6.60. The summed E-state index contributed by atoms with van der Waals surface area (Å²) in [4.78, 5) is 4.98. The van der Waals surface area contributed by atoms with Crippen molar-refractivity contribution in [2.24, 2.45) is 10.9 Å². The molecule has 0 saturated carbocycles. The van der Waals surface area contributed by atoms with Gasteiger partial charge in [-0.2, -0.15) is 0 Å². The van der Waals surface area contributed by atoms with E-state index in [4.69, 9.17) is 9.73 Å². The molecule has 1 aliphatic heterocycles. The highest BCUT2D eigenvalue weighted by molar-refractivity contribution is 9.10. The van der Waals surface area contributed by atoms with Crippen molar-refractivity contribution in [3.05, 3.63) is 63.6 Å². The summed E-state index contributed by atoms with van der Waals surface area (Å²) in [5.74, 6) is 2.51. The summed E-state index contributed by atoms with van der Waals surface area (Å²) in [6.45, 7) is 6.69. The van der Waals surface area contributed by atoms with Gasteiger partial charge in [0.05, 0.1) is 13.2 Å². The SMILES string of the molecule is COc1ccc(Br)cc1CCc1ccccc1C1=NC(C(C)C)C(C)N1. The number of methoxy groups -OCH3 is 1. The average molecular weight is 415 g/mol. The number of hydrogen-bond donors (Lipinski definition) is 1. The van der Waals surface area contributed by atoms with Crippen molar-refractivity contribution in [2.75, 3.05) is 7.11 Å². The molecule has 1 aliphatic rings. The van der Waals surface area contributed by atoms with Gasteiger partial charge in [0.1, 0.15) is 11.6 Å². The van der Waals surface area contributed by atoms with Crippen LogP contribution in [0.25, 0.3) is 0 Å². The molecule has 3 rings (SSSR count). The summed E-state index contributed by atoms with van der Waals surface area (Å²) >= 11 is 3.56. The lowest BCUT2D eigenvalue weighted by Gasteiger charge is -2.16. The maximum absolute atomic E-state index is 5.52. The molecule has 3 nitrogen and oxygen atoms in total. The molecule has 2 atom stereocenters. The Hall–Kier alpha value is -1.81. The van der Waals surface area contributed by atoms with Crippen molar-refractivity contribution < 1.29 is 4.74 Å². The molecule has 1 N–H and O–H groups in total. The highest BCUT2D eigenvalue weighted by Gasteiger charge is 2.28. The second-order valence-corrected chi connectivity index (χ2v) is 8.17. The Balaban J connectivity index is 1.83. The molecule has 0 spiro atoms. The summed E-state index contributed by atoms with van der Waals surface area (Å²) in [6, 6.07) is 15.5. The topological polar surface area (TPSA) is 33.6 Å². The normalized spacial score (nSPS) is 19.4. The summed E-state index contributed by atoms with van der Waals surface area (Å²) in [5, 5.41) is 3.59. The van der Waals surface area contributed by atoms with E-state index in [0.717, 1.165) is 28.9 Å². The number of amidine groups is 1. The Morgan fingerprint density at radius 1 is 1.12 bits per heavy atom. The van der Waals surface area contributed by atoms with Gasteiger partial charge in [-0.1, -0.05) is 54.0 Å². The zero-order valence-corrected chi connectivity index (χ0v) is 17.5. The number of benzene rings is 2. The van der Waals surface area contributed by atoms with Crippen LogP contribution in [-0.2, 0) is 12.8 Å². The number of halogens is 1. The van der Waals surface area contributed by atoms with Crippen LogP contribution >= 0.6 is 15.9 Å². The predicted octanol–water partition coefficient (Wildman–Crippen LogP) is 5.01. The molecule has 0 aliphatic carbocycles. The lowest BCUT2D eigenvalue weighted by molar-refractivity contribution is 0.409. The van der Waals surface area contributed by atoms with E-state index in [1.165, 1.54) is 16.7 Å². The molecule has 0 radical (unpaired) electrons. The smallest absolute Gasteiger partial charge is 0.129 e. The Kier molecular flexibility index (Phi) is 6.02. The molecule has 1 heterocycles. The number of nitrogens with one attached hydrogen (secondary N) is 1. The van der Waals surface area contributed by atoms with Gasteiger partial charge >= 0.3 is 0 Å². The number of hydrogen-bond acceptors (Lipinski definition) is 3. The van der Waals surface area contributed by atoms with Gasteiger partial charge in [0, 0.05) is 16.1 Å². The minimum atomic E-state index is 0.336. The maximum Gasteiger partial charge on any atom is 0.129 e. The standard InChI is InChI=1S/C22H27BrN2O/c1-14(2)21-15(3)24-22(25-21)19-8-6-5-7-16(19)9-10-17-13-18(23)11-12-20(17)26-4/h5-8,11-15,21H,9-10H2,1-4H3,(H,24,25). The molecule has 4 heteroatoms. The zero-order chi connectivity index (χ0) is 18.7. The molecule has 0 amide bonds. The summed E-state index contributed by atoms with van der Waals surface area (Å²) in [7, 11) is 1.73. The second kappa shape index (κ2) is 8.26. The van der Waals surface area contributed by atoms with E-state index in [1.54, 1.807) is 7.11 Å². The Morgan fingerprint density at radius 2 is 1.85 bits per heavy atom. The van der Waals surface area contributed by atoms with E-state index in [-0.39, 0.29) is 0 Å². The molecule has 2 aromatic carbocycles. The number of rotatable bonds is 6. The van der Waals surface area contributed by atoms with E-state index in [1.807, 2.05) is 12.1 Å². The first kappa shape index (κ1) is 19.0. The molecular weight excluding hydrogens is 388 g/mol. The van der Waals surface area contributed by atoms with Crippen molar-refractivity contribution in [3.8, 4) is 5.75 Å². The lowest BCUT2D eigenvalue weighted by Crippen LogP contribution is -2.34. The van der Waals surface area contributed by atoms with Crippen LogP contribution in [-0.4, -0.2) is 25.0 Å². The van der Waals surface area contributed by atoms with Gasteiger partial charge in [-0.15, -0.1) is 0 Å². The molecule has 26 heavy (non-hydrogen) atoms. The van der Waals surface area contributed by atoms with Crippen LogP contribution in [0.1, 0.15) is 37.5 Å². The largest absolute Gasteiger partial charge is 0.496 e. The third-order valence-corrected chi connectivity index (χ3v) is 5.51. The van der Waals surface area contributed by atoms with Crippen LogP contribution in [0.4, 0.5) is 0 Å². The van der Waals surface area contributed by atoms with Crippen LogP contribution in [0.3, 0.4) is 0 Å². The van der Waals surface area contributed by atoms with Gasteiger partial charge < -0.3 is 10.1 Å². The minimum Gasteiger partial charge on any atom is -0.496 e. The maximum atomic E-state index is 5.52. The van der Waals surface area contributed by atoms with E-state index >= 15 is 0 Å². The quantitative estimate of drug-likeness (QED) is 0.720. The molecule has 0 fully saturated rings. The first-order chi connectivity index (χ1) is 12.5. The van der Waals surface area contributed by atoms with Crippen molar-refractivity contribution in [1.82, 2.24) is 5.32 Å². The van der Waals surface area contributed by atoms with Crippen LogP contribution in [0, 0.1) is 5.92 Å². The van der Waals surface area contributed by atoms with Gasteiger partial charge in [0.15, 0.2) is 0 Å². The van der Waals surface area contributed by atoms with Crippen LogP contribution in [0.2, 0.25) is 0 Å². The summed E-state index contributed by atoms with van der Waals surface area (Å²) in [6.07, 6.45) is 1.88. The second-order valence-electron chi connectivity index (χ2n) is 7.26. The summed E-state index contributed by atoms with van der Waals surface area (Å²) in [5.41, 5.74) is 3.75. The van der Waals surface area contributed by atoms with Crippen LogP contribution in [0.15, 0.2) is 51.9 Å². The Bertz CT molecular complexity index is 800. The minimum absolute atomic E-state index is 0.336. The third-order valence-electron chi connectivity index (χ3n) is 5.02. The first-order valence-corrected chi connectivity index (χ1v) is 10.0. The predicted molar refractivity (Wildman–Crippen MR) is 112 cm³/mol. The van der Waals surface area contributed by atoms with Gasteiger partial charge in [-0.05, 0) is 55.0 Å². The number of aryl methyl sites for hydroxylation is 2. The van der Waals surface area contributed by atoms with Crippen LogP contribution < -0.4 is 10.1 Å². The van der Waals surface area contributed by atoms with Crippen LogP contribution in [0.5, 0.6) is 5.75 Å². The van der Waals surface area contributed by atoms with Crippen molar-refractivity contribution in [2.45, 2.75) is 45.7 Å². The highest BCUT2D eigenvalue weighted by Crippen LogP contribution is 2.26. The fourth-order valence-electron chi connectivity index (χ4n) is 3.65. The van der Waals surface area contributed by atoms with E-state index in [2.05, 4.69) is 72.3 Å². The van der Waals surface area contributed by atoms with E-state index in [9.17, 15) is 0 Å². The van der Waals surface area contributed by atoms with Crippen molar-refractivity contribution >= 4 is 21.8 Å². The number of nitrogens with zero attached hydrogens (tertiary/aromatic N) is 1. The van der Waals surface area contributed by atoms with Gasteiger partial charge in [-0.3, -0.25) is 4.99 Å². The van der Waals surface area contributed by atoms with Crippen molar-refractivity contribution in [3.63, 3.8) is 0 Å². The molecular formula is C22H27BrN2O. The lowest BCUT2D eigenvalue weighted by atomic mass is 9.98. The number of aliphatic imine (C=N–C) groups is 1. The monoisotopic (exact) mass is 414 g/mol. The molecule has 138 valence electrons. The van der Waals surface area contributed by atoms with E-state index in [0.29, 0.717) is 18.0 Å². The average Bonchev–Trinajstić information content (AvgIpc) is 3.02. The molecule has 0 aromatic heterocycles. The molecule has 2 aromatic rings. The molecule has 0 saturated heterocycles. The van der Waals surface area contributed by atoms with Gasteiger partial charge in [-0.25, -0.2) is 0 Å². The number of ether oxygens (including phenoxy) is 1. The Morgan fingerprint density at radius 3 is 2.54 bits per heavy atom. The highest BCUT2D eigenvalue weighted by atomic mass is 79.9.